The molecular weight excluding hydrogens is 424 g/mol. The molecule has 0 bridgehead atoms. The van der Waals surface area contributed by atoms with Crippen LogP contribution in [0.5, 0.6) is 0 Å². The van der Waals surface area contributed by atoms with Crippen LogP contribution in [0.4, 0.5) is 0 Å². The Kier molecular flexibility index (Phi) is 5.06. The number of carbonyl (C=O) groups excluding carboxylic acids is 3. The summed E-state index contributed by atoms with van der Waals surface area (Å²) in [6, 6.07) is 0. The molecule has 0 aromatic rings. The van der Waals surface area contributed by atoms with Gasteiger partial charge in [0.2, 0.25) is 0 Å². The Bertz CT molecular complexity index is 1050. The molecule has 3 saturated carbocycles. The number of carbonyl (C=O) groups is 3. The summed E-state index contributed by atoms with van der Waals surface area (Å²) in [4.78, 5) is 39.5. The molecule has 0 spiro atoms. The van der Waals surface area contributed by atoms with Crippen molar-refractivity contribution in [3.63, 3.8) is 0 Å². The molecule has 0 saturated heterocycles. The number of hydrogen-bond acceptors (Lipinski definition) is 4. The zero-order valence-corrected chi connectivity index (χ0v) is 22.2. The lowest BCUT2D eigenvalue weighted by molar-refractivity contribution is -0.161. The van der Waals surface area contributed by atoms with Gasteiger partial charge < -0.3 is 4.74 Å². The van der Waals surface area contributed by atoms with E-state index in [4.69, 9.17) is 4.74 Å². The fourth-order valence-electron chi connectivity index (χ4n) is 9.48. The highest BCUT2D eigenvalue weighted by atomic mass is 16.5. The van der Waals surface area contributed by atoms with Gasteiger partial charge >= 0.3 is 5.97 Å². The van der Waals surface area contributed by atoms with E-state index in [0.717, 1.165) is 56.9 Å². The molecular formula is C30H42O4. The van der Waals surface area contributed by atoms with Crippen LogP contribution < -0.4 is 0 Å². The molecule has 0 unspecified atom stereocenters. The molecule has 7 atom stereocenters. The molecule has 186 valence electrons. The van der Waals surface area contributed by atoms with Crippen molar-refractivity contribution < 1.29 is 19.1 Å². The van der Waals surface area contributed by atoms with Crippen molar-refractivity contribution >= 4 is 17.5 Å². The van der Waals surface area contributed by atoms with E-state index in [0.29, 0.717) is 6.42 Å². The van der Waals surface area contributed by atoms with Crippen LogP contribution in [-0.2, 0) is 19.1 Å². The van der Waals surface area contributed by atoms with E-state index in [1.54, 1.807) is 0 Å². The highest BCUT2D eigenvalue weighted by Gasteiger charge is 2.67. The summed E-state index contributed by atoms with van der Waals surface area (Å²) >= 11 is 0. The summed E-state index contributed by atoms with van der Waals surface area (Å²) in [7, 11) is 1.49. The Balaban J connectivity index is 1.64. The predicted molar refractivity (Wildman–Crippen MR) is 132 cm³/mol. The highest BCUT2D eigenvalue weighted by molar-refractivity contribution is 5.99. The van der Waals surface area contributed by atoms with Crippen molar-refractivity contribution in [1.29, 1.82) is 0 Å². The van der Waals surface area contributed by atoms with E-state index in [9.17, 15) is 14.4 Å². The van der Waals surface area contributed by atoms with Gasteiger partial charge in [-0.2, -0.15) is 0 Å². The summed E-state index contributed by atoms with van der Waals surface area (Å²) in [6.07, 6.45) is 10.1. The number of esters is 1. The molecule has 0 aromatic carbocycles. The first-order chi connectivity index (χ1) is 15.8. The van der Waals surface area contributed by atoms with Gasteiger partial charge in [0.1, 0.15) is 0 Å². The van der Waals surface area contributed by atoms with Gasteiger partial charge in [-0.15, -0.1) is 0 Å². The SMILES string of the molecule is COC(=O)[C@@]1(C)CC[C@]2(C)CC[C@]3(C)C(=CC(=O)[C@@H]4[C@@]5(C)CCC(=O)C(C)=C5CC[C@]43C)[C@@H]2C1. The van der Waals surface area contributed by atoms with Crippen molar-refractivity contribution in [1.82, 2.24) is 0 Å². The first-order valence-corrected chi connectivity index (χ1v) is 13.3. The van der Waals surface area contributed by atoms with E-state index in [1.165, 1.54) is 18.3 Å². The number of fused-ring (bicyclic) bond motifs is 7. The Hall–Kier alpha value is -1.71. The summed E-state index contributed by atoms with van der Waals surface area (Å²) in [6.45, 7) is 13.5. The van der Waals surface area contributed by atoms with Crippen LogP contribution in [0.15, 0.2) is 22.8 Å². The molecule has 0 radical (unpaired) electrons. The number of ether oxygens (including phenoxy) is 1. The van der Waals surface area contributed by atoms with Gasteiger partial charge in [0.15, 0.2) is 11.6 Å². The van der Waals surface area contributed by atoms with E-state index in [1.807, 2.05) is 13.0 Å². The minimum absolute atomic E-state index is 0.0754. The van der Waals surface area contributed by atoms with Crippen LogP contribution in [0, 0.1) is 38.9 Å². The van der Waals surface area contributed by atoms with Crippen molar-refractivity contribution in [2.75, 3.05) is 7.11 Å². The van der Waals surface area contributed by atoms with Crippen molar-refractivity contribution in [3.8, 4) is 0 Å². The third kappa shape index (κ3) is 2.80. The topological polar surface area (TPSA) is 60.4 Å². The van der Waals surface area contributed by atoms with Gasteiger partial charge in [-0.05, 0) is 99.0 Å². The summed E-state index contributed by atoms with van der Waals surface area (Å²) in [5, 5.41) is 0. The first-order valence-electron chi connectivity index (χ1n) is 13.3. The minimum Gasteiger partial charge on any atom is -0.469 e. The van der Waals surface area contributed by atoms with Crippen molar-refractivity contribution in [2.24, 2.45) is 38.9 Å². The Labute approximate surface area is 205 Å². The largest absolute Gasteiger partial charge is 0.469 e. The fourth-order valence-corrected chi connectivity index (χ4v) is 9.48. The molecule has 0 aliphatic heterocycles. The second kappa shape index (κ2) is 7.17. The average molecular weight is 467 g/mol. The lowest BCUT2D eigenvalue weighted by atomic mass is 9.35. The van der Waals surface area contributed by atoms with E-state index >= 15 is 0 Å². The third-order valence-corrected chi connectivity index (χ3v) is 12.1. The normalized spacial score (nSPS) is 48.3. The monoisotopic (exact) mass is 466 g/mol. The minimum atomic E-state index is -0.492. The number of rotatable bonds is 1. The lowest BCUT2D eigenvalue weighted by Gasteiger charge is -2.67. The maximum atomic E-state index is 14.1. The summed E-state index contributed by atoms with van der Waals surface area (Å²) in [5.41, 5.74) is 2.65. The van der Waals surface area contributed by atoms with Crippen LogP contribution >= 0.6 is 0 Å². The molecule has 0 aromatic heterocycles. The van der Waals surface area contributed by atoms with Gasteiger partial charge in [0.05, 0.1) is 12.5 Å². The first kappa shape index (κ1) is 24.0. The van der Waals surface area contributed by atoms with Crippen molar-refractivity contribution in [2.45, 2.75) is 99.3 Å². The van der Waals surface area contributed by atoms with Crippen LogP contribution in [-0.4, -0.2) is 24.6 Å². The maximum Gasteiger partial charge on any atom is 0.311 e. The standard InChI is InChI=1S/C30H42O4/c1-18-19-8-11-30(6)24(28(19,4)10-9-22(18)31)23(32)16-20-21-17-27(3,25(33)34-7)13-12-26(21,2)14-15-29(20,30)5/h16,21,24H,8-15,17H2,1-7H3/t21-,24+,26+,27-,28-,29+,30+/m0/s1. The van der Waals surface area contributed by atoms with E-state index < -0.39 is 5.41 Å². The molecule has 5 rings (SSSR count). The number of Topliss-reactive ketones (excluding diaryl/α,β-unsaturated/α-hetero) is 1. The van der Waals surface area contributed by atoms with Crippen LogP contribution in [0.3, 0.4) is 0 Å². The quantitative estimate of drug-likeness (QED) is 0.421. The van der Waals surface area contributed by atoms with Crippen LogP contribution in [0.2, 0.25) is 0 Å². The van der Waals surface area contributed by atoms with Crippen molar-refractivity contribution in [3.05, 3.63) is 22.8 Å². The second-order valence-electron chi connectivity index (χ2n) is 13.6. The molecule has 0 heterocycles. The summed E-state index contributed by atoms with van der Waals surface area (Å²) in [5.74, 6) is 0.549. The van der Waals surface area contributed by atoms with Gasteiger partial charge in [0.25, 0.3) is 0 Å². The Morgan fingerprint density at radius 1 is 0.941 bits per heavy atom. The number of ketones is 2. The number of allylic oxidation sites excluding steroid dienone is 4. The molecule has 34 heavy (non-hydrogen) atoms. The zero-order valence-electron chi connectivity index (χ0n) is 22.2. The Morgan fingerprint density at radius 2 is 1.62 bits per heavy atom. The molecule has 5 aliphatic carbocycles. The van der Waals surface area contributed by atoms with E-state index in [2.05, 4.69) is 34.6 Å². The number of hydrogen-bond donors (Lipinski definition) is 0. The fraction of sp³-hybridized carbons (Fsp3) is 0.767. The second-order valence-corrected chi connectivity index (χ2v) is 13.6. The van der Waals surface area contributed by atoms with Gasteiger partial charge in [-0.1, -0.05) is 38.8 Å². The summed E-state index contributed by atoms with van der Waals surface area (Å²) < 4.78 is 5.23. The highest BCUT2D eigenvalue weighted by Crippen LogP contribution is 2.73. The Morgan fingerprint density at radius 3 is 2.29 bits per heavy atom. The predicted octanol–water partition coefficient (Wildman–Crippen LogP) is 6.38. The molecule has 4 nitrogen and oxygen atoms in total. The third-order valence-electron chi connectivity index (χ3n) is 12.1. The van der Waals surface area contributed by atoms with Crippen LogP contribution in [0.25, 0.3) is 0 Å². The average Bonchev–Trinajstić information content (AvgIpc) is 2.78. The maximum absolute atomic E-state index is 14.1. The lowest BCUT2D eigenvalue weighted by Crippen LogP contribution is -2.62. The van der Waals surface area contributed by atoms with E-state index in [-0.39, 0.29) is 51.0 Å². The number of methoxy groups -OCH3 is 1. The molecule has 4 heteroatoms. The molecule has 0 N–H and O–H groups in total. The molecule has 3 fully saturated rings. The smallest absolute Gasteiger partial charge is 0.311 e. The van der Waals surface area contributed by atoms with Gasteiger partial charge in [-0.3, -0.25) is 14.4 Å². The van der Waals surface area contributed by atoms with Crippen LogP contribution in [0.1, 0.15) is 99.3 Å². The molecule has 0 amide bonds. The molecule has 5 aliphatic rings. The van der Waals surface area contributed by atoms with Gasteiger partial charge in [0, 0.05) is 17.8 Å². The zero-order chi connectivity index (χ0) is 24.9. The van der Waals surface area contributed by atoms with Gasteiger partial charge in [-0.25, -0.2) is 0 Å².